The molecule has 0 fully saturated rings. The molecule has 0 radical (unpaired) electrons. The third-order valence-corrected chi connectivity index (χ3v) is 6.61. The summed E-state index contributed by atoms with van der Waals surface area (Å²) in [6.07, 6.45) is 6.78. The van der Waals surface area contributed by atoms with E-state index in [1.807, 2.05) is 42.7 Å². The molecular formula is C24H24FN3O3S. The Morgan fingerprint density at radius 1 is 1.31 bits per heavy atom. The molecule has 32 heavy (non-hydrogen) atoms. The molecule has 8 heteroatoms. The molecule has 1 aliphatic heterocycles. The van der Waals surface area contributed by atoms with Crippen LogP contribution in [0, 0.1) is 11.2 Å². The van der Waals surface area contributed by atoms with E-state index >= 15 is 0 Å². The molecule has 1 amide bonds. The van der Waals surface area contributed by atoms with Gasteiger partial charge in [0, 0.05) is 23.3 Å². The molecule has 6 nitrogen and oxygen atoms in total. The molecule has 0 saturated carbocycles. The van der Waals surface area contributed by atoms with Gasteiger partial charge in [-0.3, -0.25) is 10.2 Å². The Morgan fingerprint density at radius 3 is 2.88 bits per heavy atom. The highest BCUT2D eigenvalue weighted by molar-refractivity contribution is 7.09. The van der Waals surface area contributed by atoms with Gasteiger partial charge in [-0.05, 0) is 54.3 Å². The molecule has 166 valence electrons. The predicted molar refractivity (Wildman–Crippen MR) is 124 cm³/mol. The minimum absolute atomic E-state index is 0.172. The molecule has 2 aromatic rings. The van der Waals surface area contributed by atoms with Crippen LogP contribution in [0.25, 0.3) is 6.08 Å². The maximum Gasteiger partial charge on any atom is 0.250 e. The molecular weight excluding hydrogens is 429 g/mol. The molecule has 4 rings (SSSR count). The van der Waals surface area contributed by atoms with Crippen molar-refractivity contribution in [2.24, 2.45) is 10.5 Å². The Balaban J connectivity index is 1.56. The molecule has 2 unspecified atom stereocenters. The monoisotopic (exact) mass is 453 g/mol. The molecule has 2 aliphatic rings. The van der Waals surface area contributed by atoms with E-state index < -0.39 is 17.3 Å². The molecule has 1 aromatic heterocycles. The van der Waals surface area contributed by atoms with Gasteiger partial charge in [-0.25, -0.2) is 4.39 Å². The number of hydrogen-bond acceptors (Lipinski definition) is 6. The lowest BCUT2D eigenvalue weighted by molar-refractivity contribution is -0.119. The Labute approximate surface area is 190 Å². The molecule has 0 saturated heterocycles. The van der Waals surface area contributed by atoms with E-state index in [1.54, 1.807) is 36.7 Å². The van der Waals surface area contributed by atoms with Crippen molar-refractivity contribution in [2.75, 3.05) is 14.2 Å². The topological polar surface area (TPSA) is 72.0 Å². The lowest BCUT2D eigenvalue weighted by Crippen LogP contribution is -2.46. The van der Waals surface area contributed by atoms with Crippen molar-refractivity contribution in [2.45, 2.75) is 19.6 Å². The highest BCUT2D eigenvalue weighted by Gasteiger charge is 2.50. The van der Waals surface area contributed by atoms with E-state index in [2.05, 4.69) is 15.8 Å². The van der Waals surface area contributed by atoms with Crippen molar-refractivity contribution in [3.63, 3.8) is 0 Å². The van der Waals surface area contributed by atoms with Gasteiger partial charge >= 0.3 is 0 Å². The van der Waals surface area contributed by atoms with Gasteiger partial charge in [0.25, 0.3) is 0 Å². The summed E-state index contributed by atoms with van der Waals surface area (Å²) in [6.45, 7) is 2.45. The van der Waals surface area contributed by atoms with Crippen LogP contribution in [-0.2, 0) is 16.1 Å². The molecule has 1 aromatic carbocycles. The van der Waals surface area contributed by atoms with Crippen LogP contribution in [0.4, 0.5) is 4.39 Å². The minimum Gasteiger partial charge on any atom is -0.494 e. The number of nitrogens with zero attached hydrogens (tertiary/aromatic N) is 1. The summed E-state index contributed by atoms with van der Waals surface area (Å²) in [5.74, 6) is -0.428. The fraction of sp³-hybridized carbons (Fsp3) is 0.250. The number of rotatable bonds is 7. The van der Waals surface area contributed by atoms with Gasteiger partial charge in [-0.15, -0.1) is 11.3 Å². The molecule has 0 bridgehead atoms. The fourth-order valence-electron chi connectivity index (χ4n) is 3.95. The van der Waals surface area contributed by atoms with E-state index in [9.17, 15) is 9.18 Å². The number of ether oxygens (including phenoxy) is 2. The number of halogens is 1. The third-order valence-electron chi connectivity index (χ3n) is 5.73. The first-order valence-electron chi connectivity index (χ1n) is 10.1. The molecule has 1 aliphatic carbocycles. The number of benzene rings is 1. The summed E-state index contributed by atoms with van der Waals surface area (Å²) in [5.41, 5.74) is 5.22. The van der Waals surface area contributed by atoms with Crippen LogP contribution in [0.15, 0.2) is 70.3 Å². The lowest BCUT2D eigenvalue weighted by atomic mass is 9.71. The van der Waals surface area contributed by atoms with Crippen LogP contribution in [0.5, 0.6) is 5.75 Å². The number of hydrogen-bond donors (Lipinski definition) is 2. The number of methoxy groups -OCH3 is 2. The van der Waals surface area contributed by atoms with Crippen LogP contribution in [-0.4, -0.2) is 31.9 Å². The van der Waals surface area contributed by atoms with Crippen molar-refractivity contribution in [1.82, 2.24) is 10.7 Å². The third kappa shape index (κ3) is 3.99. The average molecular weight is 454 g/mol. The average Bonchev–Trinajstić information content (AvgIpc) is 3.43. The van der Waals surface area contributed by atoms with E-state index in [0.29, 0.717) is 17.8 Å². The maximum absolute atomic E-state index is 13.7. The van der Waals surface area contributed by atoms with E-state index in [-0.39, 0.29) is 11.7 Å². The summed E-state index contributed by atoms with van der Waals surface area (Å²) in [6, 6.07) is 8.57. The highest BCUT2D eigenvalue weighted by Crippen LogP contribution is 2.43. The molecule has 2 heterocycles. The second kappa shape index (κ2) is 9.10. The normalized spacial score (nSPS) is 22.0. The van der Waals surface area contributed by atoms with E-state index in [0.717, 1.165) is 16.1 Å². The van der Waals surface area contributed by atoms with Gasteiger partial charge in [-0.2, -0.15) is 5.10 Å². The number of allylic oxidation sites excluding steroid dienone is 3. The standard InChI is InChI=1S/C24H24FN3O3S/c1-24-20(10-7-15-6-9-18(25)19(13-15)30-2)27-28-21(24)11-8-17(22(24)31-3)23(29)26-14-16-5-4-12-32-16/h4-13,22,28H,14H2,1-3H3,(H,26,29)/b10-7+. The van der Waals surface area contributed by atoms with Crippen molar-refractivity contribution >= 4 is 29.0 Å². The number of carbonyl (C=O) groups is 1. The number of nitrogens with one attached hydrogen (secondary N) is 2. The molecule has 2 N–H and O–H groups in total. The fourth-order valence-corrected chi connectivity index (χ4v) is 4.60. The van der Waals surface area contributed by atoms with Gasteiger partial charge < -0.3 is 14.8 Å². The Hall–Kier alpha value is -3.23. The quantitative estimate of drug-likeness (QED) is 0.664. The number of carbonyl (C=O) groups excluding carboxylic acids is 1. The second-order valence-corrected chi connectivity index (χ2v) is 8.65. The van der Waals surface area contributed by atoms with Gasteiger partial charge in [0.15, 0.2) is 11.6 Å². The first kappa shape index (κ1) is 22.0. The Bertz CT molecular complexity index is 1140. The highest BCUT2D eigenvalue weighted by atomic mass is 32.1. The first-order valence-corrected chi connectivity index (χ1v) is 11.0. The zero-order valence-corrected chi connectivity index (χ0v) is 18.8. The maximum atomic E-state index is 13.7. The largest absolute Gasteiger partial charge is 0.494 e. The minimum atomic E-state index is -0.681. The molecule has 2 atom stereocenters. The van der Waals surface area contributed by atoms with Crippen LogP contribution < -0.4 is 15.5 Å². The van der Waals surface area contributed by atoms with E-state index in [4.69, 9.17) is 9.47 Å². The smallest absolute Gasteiger partial charge is 0.250 e. The lowest BCUT2D eigenvalue weighted by Gasteiger charge is -2.37. The Kier molecular flexibility index (Phi) is 6.25. The summed E-state index contributed by atoms with van der Waals surface area (Å²) in [7, 11) is 3.02. The van der Waals surface area contributed by atoms with Crippen molar-refractivity contribution in [3.8, 4) is 5.75 Å². The van der Waals surface area contributed by atoms with Crippen molar-refractivity contribution in [3.05, 3.63) is 81.5 Å². The molecule has 0 spiro atoms. The first-order chi connectivity index (χ1) is 15.5. The zero-order chi connectivity index (χ0) is 22.7. The van der Waals surface area contributed by atoms with Gasteiger partial charge in [0.05, 0.1) is 24.8 Å². The Morgan fingerprint density at radius 2 is 2.16 bits per heavy atom. The van der Waals surface area contributed by atoms with Crippen molar-refractivity contribution in [1.29, 1.82) is 0 Å². The van der Waals surface area contributed by atoms with E-state index in [1.165, 1.54) is 13.2 Å². The van der Waals surface area contributed by atoms with Crippen LogP contribution >= 0.6 is 11.3 Å². The predicted octanol–water partition coefficient (Wildman–Crippen LogP) is 4.03. The summed E-state index contributed by atoms with van der Waals surface area (Å²) < 4.78 is 24.6. The summed E-state index contributed by atoms with van der Waals surface area (Å²) in [5, 5.41) is 9.42. The van der Waals surface area contributed by atoms with Gasteiger partial charge in [0.2, 0.25) is 5.91 Å². The number of amides is 1. The van der Waals surface area contributed by atoms with Gasteiger partial charge in [-0.1, -0.05) is 18.2 Å². The van der Waals surface area contributed by atoms with Gasteiger partial charge in [0.1, 0.15) is 6.10 Å². The zero-order valence-electron chi connectivity index (χ0n) is 18.0. The van der Waals surface area contributed by atoms with Crippen molar-refractivity contribution < 1.29 is 18.7 Å². The number of fused-ring (bicyclic) bond motifs is 1. The van der Waals surface area contributed by atoms with Crippen LogP contribution in [0.2, 0.25) is 0 Å². The second-order valence-electron chi connectivity index (χ2n) is 7.62. The van der Waals surface area contributed by atoms with Crippen LogP contribution in [0.1, 0.15) is 17.4 Å². The number of hydrazone groups is 1. The van der Waals surface area contributed by atoms with Crippen LogP contribution in [0.3, 0.4) is 0 Å². The number of thiophene rings is 1. The summed E-state index contributed by atoms with van der Waals surface area (Å²) >= 11 is 1.59. The SMILES string of the molecule is COc1cc(/C=C/C2=NNC3=CC=C(C(=O)NCc4cccs4)C(OC)C32C)ccc1F. The summed E-state index contributed by atoms with van der Waals surface area (Å²) in [4.78, 5) is 14.0.